The van der Waals surface area contributed by atoms with Crippen LogP contribution < -0.4 is 10.7 Å². The number of nitro benzene ring substituents is 1. The minimum atomic E-state index is -0.611. The van der Waals surface area contributed by atoms with Gasteiger partial charge in [-0.25, -0.2) is 19.6 Å². The van der Waals surface area contributed by atoms with E-state index in [1.54, 1.807) is 19.1 Å². The average Bonchev–Trinajstić information content (AvgIpc) is 3.01. The van der Waals surface area contributed by atoms with Gasteiger partial charge in [0.05, 0.1) is 20.9 Å². The molecule has 2 amide bonds. The number of benzene rings is 2. The van der Waals surface area contributed by atoms with Gasteiger partial charge in [0.15, 0.2) is 5.13 Å². The molecule has 1 aromatic heterocycles. The minimum absolute atomic E-state index is 0.0447. The summed E-state index contributed by atoms with van der Waals surface area (Å²) in [6.07, 6.45) is 0. The zero-order valence-electron chi connectivity index (χ0n) is 13.4. The summed E-state index contributed by atoms with van der Waals surface area (Å²) in [4.78, 5) is 26.4. The Morgan fingerprint density at radius 2 is 2.00 bits per heavy atom. The highest BCUT2D eigenvalue weighted by Gasteiger charge is 2.11. The predicted octanol–water partition coefficient (Wildman–Crippen LogP) is 3.89. The highest BCUT2D eigenvalue weighted by molar-refractivity contribution is 7.22. The van der Waals surface area contributed by atoms with Gasteiger partial charge in [0, 0.05) is 12.1 Å². The van der Waals surface area contributed by atoms with E-state index < -0.39 is 11.0 Å². The van der Waals surface area contributed by atoms with E-state index in [1.807, 2.05) is 0 Å². The van der Waals surface area contributed by atoms with Crippen LogP contribution in [0.15, 0.2) is 47.6 Å². The van der Waals surface area contributed by atoms with Crippen molar-refractivity contribution in [2.45, 2.75) is 6.92 Å². The quantitative estimate of drug-likeness (QED) is 0.411. The van der Waals surface area contributed by atoms with Crippen molar-refractivity contribution in [3.63, 3.8) is 0 Å². The van der Waals surface area contributed by atoms with Gasteiger partial charge in [0.25, 0.3) is 5.69 Å². The molecule has 3 rings (SSSR count). The number of nitrogens with zero attached hydrogens (tertiary/aromatic N) is 3. The fourth-order valence-electron chi connectivity index (χ4n) is 2.10. The number of thiazole rings is 1. The molecule has 0 radical (unpaired) electrons. The number of urea groups is 1. The lowest BCUT2D eigenvalue weighted by molar-refractivity contribution is -0.384. The van der Waals surface area contributed by atoms with Crippen LogP contribution in [0.2, 0.25) is 0 Å². The third-order valence-corrected chi connectivity index (χ3v) is 4.32. The Morgan fingerprint density at radius 1 is 1.27 bits per heavy atom. The van der Waals surface area contributed by atoms with E-state index >= 15 is 0 Å². The highest BCUT2D eigenvalue weighted by atomic mass is 32.1. The maximum atomic E-state index is 12.9. The lowest BCUT2D eigenvalue weighted by Gasteiger charge is -2.03. The largest absolute Gasteiger partial charge is 0.341 e. The van der Waals surface area contributed by atoms with Gasteiger partial charge in [-0.05, 0) is 30.7 Å². The first kappa shape index (κ1) is 17.4. The number of fused-ring (bicyclic) bond motifs is 1. The van der Waals surface area contributed by atoms with E-state index in [1.165, 1.54) is 30.3 Å². The zero-order valence-corrected chi connectivity index (χ0v) is 14.2. The second-order valence-electron chi connectivity index (χ2n) is 5.20. The molecule has 0 aliphatic carbocycles. The first-order chi connectivity index (χ1) is 12.4. The molecule has 0 atom stereocenters. The van der Waals surface area contributed by atoms with Crippen molar-refractivity contribution in [1.29, 1.82) is 0 Å². The van der Waals surface area contributed by atoms with Gasteiger partial charge in [0.2, 0.25) is 0 Å². The molecule has 2 aromatic carbocycles. The molecule has 2 N–H and O–H groups in total. The Hall–Kier alpha value is -3.40. The van der Waals surface area contributed by atoms with Crippen LogP contribution in [-0.4, -0.2) is 21.7 Å². The molecule has 0 aliphatic heterocycles. The first-order valence-electron chi connectivity index (χ1n) is 7.34. The van der Waals surface area contributed by atoms with Crippen LogP contribution in [0.25, 0.3) is 10.2 Å². The van der Waals surface area contributed by atoms with E-state index in [0.29, 0.717) is 21.5 Å². The molecule has 0 saturated carbocycles. The number of hydrogen-bond donors (Lipinski definition) is 2. The number of amides is 2. The van der Waals surface area contributed by atoms with Crippen molar-refractivity contribution in [3.8, 4) is 0 Å². The second kappa shape index (κ2) is 7.23. The summed E-state index contributed by atoms with van der Waals surface area (Å²) in [6, 6.07) is 9.35. The summed E-state index contributed by atoms with van der Waals surface area (Å²) in [5.74, 6) is -0.358. The number of nitro groups is 1. The molecule has 0 aliphatic rings. The standard InChI is InChI=1S/C16H12FN5O3S/c1-9(10-2-4-11(17)5-3-10)20-21-15(23)19-16-18-13-7-6-12(22(24)25)8-14(13)26-16/h2-8H,1H3,(H2,18,19,21,23)/b20-9+. The fourth-order valence-corrected chi connectivity index (χ4v) is 2.99. The van der Waals surface area contributed by atoms with Crippen LogP contribution in [0.3, 0.4) is 0 Å². The first-order valence-corrected chi connectivity index (χ1v) is 8.16. The lowest BCUT2D eigenvalue weighted by Crippen LogP contribution is -2.25. The maximum absolute atomic E-state index is 12.9. The number of halogens is 1. The Morgan fingerprint density at radius 3 is 2.69 bits per heavy atom. The number of rotatable bonds is 4. The smallest absolute Gasteiger partial charge is 0.282 e. The molecule has 8 nitrogen and oxygen atoms in total. The molecular weight excluding hydrogens is 361 g/mol. The van der Waals surface area contributed by atoms with Crippen molar-refractivity contribution in [3.05, 3.63) is 64.0 Å². The maximum Gasteiger partial charge on any atom is 0.341 e. The van der Waals surface area contributed by atoms with Gasteiger partial charge in [-0.15, -0.1) is 0 Å². The summed E-state index contributed by atoms with van der Waals surface area (Å²) in [5.41, 5.74) is 3.99. The van der Waals surface area contributed by atoms with Gasteiger partial charge in [0.1, 0.15) is 5.82 Å². The Bertz CT molecular complexity index is 1020. The van der Waals surface area contributed by atoms with Crippen molar-refractivity contribution in [1.82, 2.24) is 10.4 Å². The van der Waals surface area contributed by atoms with Crippen molar-refractivity contribution < 1.29 is 14.1 Å². The molecule has 10 heteroatoms. The Labute approximate surface area is 150 Å². The van der Waals surface area contributed by atoms with Crippen LogP contribution in [0.5, 0.6) is 0 Å². The number of carbonyl (C=O) groups excluding carboxylic acids is 1. The number of anilines is 1. The van der Waals surface area contributed by atoms with E-state index in [2.05, 4.69) is 20.8 Å². The summed E-state index contributed by atoms with van der Waals surface area (Å²) in [6.45, 7) is 1.67. The van der Waals surface area contributed by atoms with Crippen LogP contribution in [0.1, 0.15) is 12.5 Å². The van der Waals surface area contributed by atoms with Gasteiger partial charge in [-0.3, -0.25) is 15.4 Å². The normalized spacial score (nSPS) is 11.4. The van der Waals surface area contributed by atoms with E-state index in [9.17, 15) is 19.3 Å². The van der Waals surface area contributed by atoms with E-state index in [4.69, 9.17) is 0 Å². The van der Waals surface area contributed by atoms with E-state index in [-0.39, 0.29) is 16.6 Å². The zero-order chi connectivity index (χ0) is 18.7. The topological polar surface area (TPSA) is 110 Å². The number of non-ortho nitro benzene ring substituents is 1. The van der Waals surface area contributed by atoms with Crippen LogP contribution in [0, 0.1) is 15.9 Å². The van der Waals surface area contributed by atoms with Crippen LogP contribution in [0.4, 0.5) is 20.0 Å². The molecule has 0 bridgehead atoms. The Kier molecular flexibility index (Phi) is 4.85. The van der Waals surface area contributed by atoms with Gasteiger partial charge >= 0.3 is 6.03 Å². The summed E-state index contributed by atoms with van der Waals surface area (Å²) < 4.78 is 13.5. The predicted molar refractivity (Wildman–Crippen MR) is 97.0 cm³/mol. The molecular formula is C16H12FN5O3S. The average molecular weight is 373 g/mol. The van der Waals surface area contributed by atoms with Crippen molar-refractivity contribution in [2.24, 2.45) is 5.10 Å². The van der Waals surface area contributed by atoms with Crippen molar-refractivity contribution in [2.75, 3.05) is 5.32 Å². The molecule has 1 heterocycles. The fraction of sp³-hybridized carbons (Fsp3) is 0.0625. The second-order valence-corrected chi connectivity index (χ2v) is 6.23. The SMILES string of the molecule is C/C(=N\NC(=O)Nc1nc2ccc([N+](=O)[O-])cc2s1)c1ccc(F)cc1. The monoisotopic (exact) mass is 373 g/mol. The molecule has 26 heavy (non-hydrogen) atoms. The summed E-state index contributed by atoms with van der Waals surface area (Å²) >= 11 is 1.11. The highest BCUT2D eigenvalue weighted by Crippen LogP contribution is 2.28. The van der Waals surface area contributed by atoms with Crippen LogP contribution in [-0.2, 0) is 0 Å². The molecule has 132 valence electrons. The van der Waals surface area contributed by atoms with Crippen LogP contribution >= 0.6 is 11.3 Å². The third kappa shape index (κ3) is 3.98. The van der Waals surface area contributed by atoms with Gasteiger partial charge < -0.3 is 0 Å². The number of aromatic nitrogens is 1. The number of carbonyl (C=O) groups is 1. The number of nitrogens with one attached hydrogen (secondary N) is 2. The summed E-state index contributed by atoms with van der Waals surface area (Å²) in [7, 11) is 0. The number of hydrazone groups is 1. The van der Waals surface area contributed by atoms with Gasteiger partial charge in [-0.2, -0.15) is 5.10 Å². The Balaban J connectivity index is 1.67. The van der Waals surface area contributed by atoms with Crippen molar-refractivity contribution >= 4 is 44.1 Å². The van der Waals surface area contributed by atoms with E-state index in [0.717, 1.165) is 11.3 Å². The molecule has 0 saturated heterocycles. The number of hydrogen-bond acceptors (Lipinski definition) is 6. The molecule has 3 aromatic rings. The summed E-state index contributed by atoms with van der Waals surface area (Å²) in [5, 5.41) is 17.5. The van der Waals surface area contributed by atoms with Gasteiger partial charge in [-0.1, -0.05) is 23.5 Å². The molecule has 0 fully saturated rings. The minimum Gasteiger partial charge on any atom is -0.282 e. The molecule has 0 spiro atoms. The lowest BCUT2D eigenvalue weighted by atomic mass is 10.1. The molecule has 0 unspecified atom stereocenters. The third-order valence-electron chi connectivity index (χ3n) is 3.39.